The Hall–Kier alpha value is -1.87. The monoisotopic (exact) mass is 398 g/mol. The zero-order valence-electron chi connectivity index (χ0n) is 15.7. The third kappa shape index (κ3) is 4.19. The van der Waals surface area contributed by atoms with Gasteiger partial charge in [0.2, 0.25) is 16.8 Å². The molecule has 0 radical (unpaired) electrons. The number of hydrogen-bond acceptors (Lipinski definition) is 5. The lowest BCUT2D eigenvalue weighted by Crippen LogP contribution is -2.48. The number of carbonyl (C=O) groups excluding carboxylic acids is 1. The van der Waals surface area contributed by atoms with E-state index >= 15 is 0 Å². The van der Waals surface area contributed by atoms with Gasteiger partial charge in [0.1, 0.15) is 0 Å². The van der Waals surface area contributed by atoms with E-state index in [1.54, 1.807) is 0 Å². The van der Waals surface area contributed by atoms with Crippen molar-refractivity contribution in [2.75, 3.05) is 26.2 Å². The normalized spacial score (nSPS) is 21.9. The van der Waals surface area contributed by atoms with Gasteiger partial charge in [0.15, 0.2) is 0 Å². The number of amides is 1. The fraction of sp³-hybridized carbons (Fsp3) is 0.667. The van der Waals surface area contributed by atoms with Gasteiger partial charge in [0.05, 0.1) is 0 Å². The van der Waals surface area contributed by atoms with Gasteiger partial charge in [-0.15, -0.1) is 0 Å². The lowest BCUT2D eigenvalue weighted by Gasteiger charge is -2.40. The minimum Gasteiger partial charge on any atom is -0.475 e. The fourth-order valence-corrected chi connectivity index (χ4v) is 5.29. The summed E-state index contributed by atoms with van der Waals surface area (Å²) in [5.74, 6) is -1.78. The largest absolute Gasteiger partial charge is 0.475 e. The molecule has 0 atom stereocenters. The van der Waals surface area contributed by atoms with E-state index in [1.165, 1.54) is 4.31 Å². The third-order valence-corrected chi connectivity index (χ3v) is 7.17. The van der Waals surface area contributed by atoms with Crippen molar-refractivity contribution in [2.45, 2.75) is 44.6 Å². The average Bonchev–Trinajstić information content (AvgIpc) is 3.11. The summed E-state index contributed by atoms with van der Waals surface area (Å²) < 4.78 is 31.5. The highest BCUT2D eigenvalue weighted by Gasteiger charge is 2.37. The Labute approximate surface area is 159 Å². The van der Waals surface area contributed by atoms with Gasteiger partial charge in [0.25, 0.3) is 10.0 Å². The van der Waals surface area contributed by atoms with Gasteiger partial charge >= 0.3 is 5.97 Å². The van der Waals surface area contributed by atoms with Gasteiger partial charge in [0, 0.05) is 32.1 Å². The van der Waals surface area contributed by atoms with Crippen molar-refractivity contribution >= 4 is 21.9 Å². The molecule has 1 amide bonds. The first-order valence-electron chi connectivity index (χ1n) is 9.22. The molecule has 1 aromatic heterocycles. The number of hydrogen-bond donors (Lipinski definition) is 1. The first kappa shape index (κ1) is 19.9. The number of likely N-dealkylation sites (tertiary alicyclic amines) is 1. The van der Waals surface area contributed by atoms with Crippen LogP contribution in [0.1, 0.15) is 50.1 Å². The molecule has 3 rings (SSSR count). The minimum absolute atomic E-state index is 0.117. The van der Waals surface area contributed by atoms with Crippen molar-refractivity contribution in [3.05, 3.63) is 17.9 Å². The topological polar surface area (TPSA) is 108 Å². The van der Waals surface area contributed by atoms with Gasteiger partial charge in [-0.25, -0.2) is 13.2 Å². The van der Waals surface area contributed by atoms with E-state index in [0.29, 0.717) is 12.8 Å². The molecule has 0 aliphatic carbocycles. The van der Waals surface area contributed by atoms with Crippen LogP contribution in [0.15, 0.2) is 21.6 Å². The van der Waals surface area contributed by atoms with E-state index in [-0.39, 0.29) is 35.4 Å². The summed E-state index contributed by atoms with van der Waals surface area (Å²) in [6, 6.07) is 2.29. The Morgan fingerprint density at radius 1 is 1.19 bits per heavy atom. The smallest absolute Gasteiger partial charge is 0.371 e. The maximum Gasteiger partial charge on any atom is 0.371 e. The van der Waals surface area contributed by atoms with Gasteiger partial charge in [-0.2, -0.15) is 4.31 Å². The zero-order chi connectivity index (χ0) is 19.8. The van der Waals surface area contributed by atoms with Crippen molar-refractivity contribution in [2.24, 2.45) is 11.3 Å². The molecule has 8 nitrogen and oxygen atoms in total. The zero-order valence-corrected chi connectivity index (χ0v) is 16.5. The van der Waals surface area contributed by atoms with E-state index in [0.717, 1.165) is 38.1 Å². The number of carboxylic acid groups (broad SMARTS) is 1. The molecule has 0 saturated carbocycles. The molecule has 150 valence electrons. The molecule has 2 aliphatic rings. The summed E-state index contributed by atoms with van der Waals surface area (Å²) in [5.41, 5.74) is 0.124. The van der Waals surface area contributed by atoms with E-state index in [2.05, 4.69) is 13.8 Å². The van der Waals surface area contributed by atoms with Crippen molar-refractivity contribution in [1.29, 1.82) is 0 Å². The number of sulfonamides is 1. The van der Waals surface area contributed by atoms with Crippen molar-refractivity contribution < 1.29 is 27.5 Å². The highest BCUT2D eigenvalue weighted by molar-refractivity contribution is 7.89. The minimum atomic E-state index is -3.89. The molecule has 2 saturated heterocycles. The maximum absolute atomic E-state index is 12.8. The van der Waals surface area contributed by atoms with Gasteiger partial charge in [-0.1, -0.05) is 13.8 Å². The number of nitrogens with zero attached hydrogens (tertiary/aromatic N) is 2. The molecule has 27 heavy (non-hydrogen) atoms. The molecule has 2 fully saturated rings. The van der Waals surface area contributed by atoms with Crippen molar-refractivity contribution in [3.63, 3.8) is 0 Å². The second-order valence-corrected chi connectivity index (χ2v) is 10.00. The van der Waals surface area contributed by atoms with Crippen LogP contribution in [0.5, 0.6) is 0 Å². The number of aromatic carboxylic acids is 1. The molecule has 2 aliphatic heterocycles. The van der Waals surface area contributed by atoms with Crippen LogP contribution in [0.25, 0.3) is 0 Å². The van der Waals surface area contributed by atoms with Crippen molar-refractivity contribution in [1.82, 2.24) is 9.21 Å². The Morgan fingerprint density at radius 2 is 1.85 bits per heavy atom. The summed E-state index contributed by atoms with van der Waals surface area (Å²) in [7, 11) is -3.89. The predicted octanol–water partition coefficient (Wildman–Crippen LogP) is 2.03. The molecule has 0 bridgehead atoms. The average molecular weight is 398 g/mol. The lowest BCUT2D eigenvalue weighted by molar-refractivity contribution is -0.139. The van der Waals surface area contributed by atoms with Crippen LogP contribution in [0.3, 0.4) is 0 Å². The summed E-state index contributed by atoms with van der Waals surface area (Å²) in [5, 5.41) is 8.51. The molecule has 0 unspecified atom stereocenters. The Balaban J connectivity index is 1.62. The number of furan rings is 1. The maximum atomic E-state index is 12.8. The molecular formula is C18H26N2O6S. The highest BCUT2D eigenvalue weighted by atomic mass is 32.2. The molecule has 1 aromatic rings. The highest BCUT2D eigenvalue weighted by Crippen LogP contribution is 2.31. The SMILES string of the molecule is CC1(C)CCCN(C(=O)C2CCN(S(=O)(=O)c3ccc(C(=O)O)o3)CC2)C1. The summed E-state index contributed by atoms with van der Waals surface area (Å²) >= 11 is 0. The molecule has 0 aromatic carbocycles. The summed E-state index contributed by atoms with van der Waals surface area (Å²) in [4.78, 5) is 25.6. The predicted molar refractivity (Wildman–Crippen MR) is 96.7 cm³/mol. The van der Waals surface area contributed by atoms with Gasteiger partial charge in [-0.3, -0.25) is 4.79 Å². The first-order valence-corrected chi connectivity index (χ1v) is 10.7. The van der Waals surface area contributed by atoms with Crippen LogP contribution < -0.4 is 0 Å². The third-order valence-electron chi connectivity index (χ3n) is 5.40. The second kappa shape index (κ2) is 7.27. The Bertz CT molecular complexity index is 821. The summed E-state index contributed by atoms with van der Waals surface area (Å²) in [6.45, 7) is 6.28. The van der Waals surface area contributed by atoms with Gasteiger partial charge < -0.3 is 14.4 Å². The molecular weight excluding hydrogens is 372 g/mol. The van der Waals surface area contributed by atoms with Gasteiger partial charge in [-0.05, 0) is 43.2 Å². The molecule has 0 spiro atoms. The number of piperidine rings is 2. The number of carbonyl (C=O) groups is 2. The van der Waals surface area contributed by atoms with Crippen LogP contribution in [-0.4, -0.2) is 60.8 Å². The Morgan fingerprint density at radius 3 is 2.41 bits per heavy atom. The van der Waals surface area contributed by atoms with Crippen LogP contribution >= 0.6 is 0 Å². The molecule has 1 N–H and O–H groups in total. The van der Waals surface area contributed by atoms with Crippen LogP contribution in [0.2, 0.25) is 0 Å². The van der Waals surface area contributed by atoms with E-state index in [9.17, 15) is 18.0 Å². The van der Waals surface area contributed by atoms with E-state index < -0.39 is 21.8 Å². The molecule has 9 heteroatoms. The first-order chi connectivity index (χ1) is 12.6. The fourth-order valence-electron chi connectivity index (χ4n) is 3.91. The van der Waals surface area contributed by atoms with E-state index in [1.807, 2.05) is 4.90 Å². The van der Waals surface area contributed by atoms with Crippen LogP contribution in [0, 0.1) is 11.3 Å². The quantitative estimate of drug-likeness (QED) is 0.831. The summed E-state index contributed by atoms with van der Waals surface area (Å²) in [6.07, 6.45) is 3.02. The van der Waals surface area contributed by atoms with E-state index in [4.69, 9.17) is 9.52 Å². The molecule has 3 heterocycles. The van der Waals surface area contributed by atoms with Crippen molar-refractivity contribution in [3.8, 4) is 0 Å². The van der Waals surface area contributed by atoms with Crippen LogP contribution in [0.4, 0.5) is 0 Å². The lowest BCUT2D eigenvalue weighted by atomic mass is 9.83. The number of rotatable bonds is 4. The standard InChI is InChI=1S/C18H26N2O6S/c1-18(2)8-3-9-19(12-18)16(21)13-6-10-20(11-7-13)27(24,25)15-5-4-14(26-15)17(22)23/h4-5,13H,3,6-12H2,1-2H3,(H,22,23). The second-order valence-electron chi connectivity index (χ2n) is 8.13. The number of carboxylic acids is 1. The van der Waals surface area contributed by atoms with Crippen LogP contribution in [-0.2, 0) is 14.8 Å². The Kier molecular flexibility index (Phi) is 5.36.